The normalized spacial score (nSPS) is 11.4. The van der Waals surface area contributed by atoms with Gasteiger partial charge >= 0.3 is 6.03 Å². The molecule has 1 heterocycles. The number of ether oxygens (including phenoxy) is 2. The third kappa shape index (κ3) is 3.88. The topological polar surface area (TPSA) is 72.5 Å². The van der Waals surface area contributed by atoms with Crippen LogP contribution in [0.2, 0.25) is 0 Å². The Morgan fingerprint density at radius 1 is 1.09 bits per heavy atom. The molecule has 6 heteroatoms. The smallest absolute Gasteiger partial charge is 0.319 e. The molecular weight excluding hydrogens is 282 g/mol. The molecule has 6 nitrogen and oxygen atoms in total. The highest BCUT2D eigenvalue weighted by Gasteiger charge is 2.12. The zero-order chi connectivity index (χ0) is 15.9. The summed E-state index contributed by atoms with van der Waals surface area (Å²) in [6.45, 7) is 1.90. The van der Waals surface area contributed by atoms with Crippen LogP contribution in [0.25, 0.3) is 0 Å². The molecule has 0 spiro atoms. The van der Waals surface area contributed by atoms with Crippen LogP contribution >= 0.6 is 0 Å². The highest BCUT2D eigenvalue weighted by Crippen LogP contribution is 2.29. The number of aromatic nitrogens is 1. The zero-order valence-corrected chi connectivity index (χ0v) is 12.8. The highest BCUT2D eigenvalue weighted by molar-refractivity contribution is 5.89. The minimum atomic E-state index is -0.284. The second-order valence-electron chi connectivity index (χ2n) is 4.67. The summed E-state index contributed by atoms with van der Waals surface area (Å²) in [4.78, 5) is 15.9. The number of pyridine rings is 1. The second kappa shape index (κ2) is 7.31. The van der Waals surface area contributed by atoms with E-state index in [4.69, 9.17) is 9.47 Å². The van der Waals surface area contributed by atoms with Gasteiger partial charge in [0.1, 0.15) is 0 Å². The maximum Gasteiger partial charge on any atom is 0.319 e. The van der Waals surface area contributed by atoms with Gasteiger partial charge < -0.3 is 20.1 Å². The summed E-state index contributed by atoms with van der Waals surface area (Å²) in [5, 5.41) is 5.61. The predicted molar refractivity (Wildman–Crippen MR) is 84.4 cm³/mol. The lowest BCUT2D eigenvalue weighted by Gasteiger charge is -2.17. The van der Waals surface area contributed by atoms with E-state index in [1.165, 1.54) is 0 Å². The van der Waals surface area contributed by atoms with Crippen LogP contribution in [0.1, 0.15) is 18.5 Å². The molecule has 1 atom stereocenters. The lowest BCUT2D eigenvalue weighted by atomic mass is 10.1. The molecule has 2 rings (SSSR count). The Labute approximate surface area is 129 Å². The third-order valence-corrected chi connectivity index (χ3v) is 3.19. The Kier molecular flexibility index (Phi) is 5.19. The van der Waals surface area contributed by atoms with Crippen LogP contribution in [-0.4, -0.2) is 25.2 Å². The molecule has 0 saturated heterocycles. The largest absolute Gasteiger partial charge is 0.493 e. The molecule has 2 N–H and O–H groups in total. The van der Waals surface area contributed by atoms with Crippen molar-refractivity contribution in [3.8, 4) is 11.5 Å². The van der Waals surface area contributed by atoms with Gasteiger partial charge in [-0.15, -0.1) is 0 Å². The van der Waals surface area contributed by atoms with E-state index in [2.05, 4.69) is 15.6 Å². The van der Waals surface area contributed by atoms with Crippen LogP contribution in [0.15, 0.2) is 42.7 Å². The Morgan fingerprint density at radius 2 is 1.77 bits per heavy atom. The maximum atomic E-state index is 12.0. The Morgan fingerprint density at radius 3 is 2.41 bits per heavy atom. The molecule has 0 aliphatic heterocycles. The van der Waals surface area contributed by atoms with Crippen molar-refractivity contribution in [1.29, 1.82) is 0 Å². The average molecular weight is 301 g/mol. The van der Waals surface area contributed by atoms with Crippen molar-refractivity contribution < 1.29 is 14.3 Å². The number of anilines is 1. The van der Waals surface area contributed by atoms with Crippen LogP contribution in [0, 0.1) is 0 Å². The predicted octanol–water partition coefficient (Wildman–Crippen LogP) is 2.98. The van der Waals surface area contributed by atoms with E-state index < -0.39 is 0 Å². The fourth-order valence-electron chi connectivity index (χ4n) is 2.00. The van der Waals surface area contributed by atoms with Crippen molar-refractivity contribution >= 4 is 11.7 Å². The van der Waals surface area contributed by atoms with Crippen molar-refractivity contribution in [3.05, 3.63) is 48.3 Å². The molecule has 116 valence electrons. The first-order valence-electron chi connectivity index (χ1n) is 6.83. The number of methoxy groups -OCH3 is 2. The molecule has 2 amide bonds. The summed E-state index contributed by atoms with van der Waals surface area (Å²) in [6, 6.07) is 8.53. The van der Waals surface area contributed by atoms with E-state index in [1.54, 1.807) is 38.7 Å². The Balaban J connectivity index is 2.02. The van der Waals surface area contributed by atoms with Crippen molar-refractivity contribution in [3.63, 3.8) is 0 Å². The first-order valence-corrected chi connectivity index (χ1v) is 6.83. The van der Waals surface area contributed by atoms with Gasteiger partial charge in [-0.1, -0.05) is 6.07 Å². The van der Waals surface area contributed by atoms with Crippen molar-refractivity contribution in [2.75, 3.05) is 19.5 Å². The van der Waals surface area contributed by atoms with E-state index in [1.807, 2.05) is 25.1 Å². The number of carbonyl (C=O) groups is 1. The summed E-state index contributed by atoms with van der Waals surface area (Å²) in [6.07, 6.45) is 3.24. The van der Waals surface area contributed by atoms with E-state index in [9.17, 15) is 4.79 Å². The van der Waals surface area contributed by atoms with E-state index >= 15 is 0 Å². The summed E-state index contributed by atoms with van der Waals surface area (Å²) in [5.41, 5.74) is 1.61. The van der Waals surface area contributed by atoms with Crippen LogP contribution in [0.5, 0.6) is 11.5 Å². The second-order valence-corrected chi connectivity index (χ2v) is 4.67. The zero-order valence-electron chi connectivity index (χ0n) is 12.8. The lowest BCUT2D eigenvalue weighted by Crippen LogP contribution is -2.31. The first-order chi connectivity index (χ1) is 10.6. The number of carbonyl (C=O) groups excluding carboxylic acids is 1. The molecule has 2 aromatic rings. The van der Waals surface area contributed by atoms with Crippen LogP contribution < -0.4 is 20.1 Å². The van der Waals surface area contributed by atoms with E-state index in [0.717, 1.165) is 5.56 Å². The van der Waals surface area contributed by atoms with Crippen LogP contribution in [-0.2, 0) is 0 Å². The number of nitrogens with zero attached hydrogens (tertiary/aromatic N) is 1. The van der Waals surface area contributed by atoms with Gasteiger partial charge in [-0.05, 0) is 36.8 Å². The molecule has 0 aliphatic carbocycles. The van der Waals surface area contributed by atoms with Gasteiger partial charge in [0.15, 0.2) is 11.5 Å². The van der Waals surface area contributed by atoms with Gasteiger partial charge in [0, 0.05) is 18.1 Å². The van der Waals surface area contributed by atoms with Gasteiger partial charge in [-0.25, -0.2) is 4.79 Å². The quantitative estimate of drug-likeness (QED) is 0.890. The monoisotopic (exact) mass is 301 g/mol. The minimum Gasteiger partial charge on any atom is -0.493 e. The molecule has 1 unspecified atom stereocenters. The number of rotatable bonds is 5. The van der Waals surface area contributed by atoms with Gasteiger partial charge in [-0.2, -0.15) is 0 Å². The molecular formula is C16H19N3O3. The summed E-state index contributed by atoms with van der Waals surface area (Å²) in [7, 11) is 3.16. The lowest BCUT2D eigenvalue weighted by molar-refractivity contribution is 0.249. The summed E-state index contributed by atoms with van der Waals surface area (Å²) < 4.78 is 10.5. The molecule has 0 aliphatic rings. The first kappa shape index (κ1) is 15.6. The third-order valence-electron chi connectivity index (χ3n) is 3.19. The van der Waals surface area contributed by atoms with Crippen molar-refractivity contribution in [2.45, 2.75) is 13.0 Å². The van der Waals surface area contributed by atoms with Gasteiger partial charge in [-0.3, -0.25) is 4.98 Å². The Hall–Kier alpha value is -2.76. The minimum absolute atomic E-state index is 0.179. The molecule has 0 bridgehead atoms. The van der Waals surface area contributed by atoms with Crippen LogP contribution in [0.3, 0.4) is 0 Å². The van der Waals surface area contributed by atoms with Gasteiger partial charge in [0.2, 0.25) is 0 Å². The maximum absolute atomic E-state index is 12.0. The average Bonchev–Trinajstić information content (AvgIpc) is 2.54. The van der Waals surface area contributed by atoms with Crippen molar-refractivity contribution in [2.24, 2.45) is 0 Å². The number of hydrogen-bond donors (Lipinski definition) is 2. The number of amides is 2. The molecule has 0 radical (unpaired) electrons. The molecule has 22 heavy (non-hydrogen) atoms. The number of urea groups is 1. The fraction of sp³-hybridized carbons (Fsp3) is 0.250. The molecule has 1 aromatic carbocycles. The SMILES string of the molecule is COc1ccc(C(C)NC(=O)Nc2ccncc2)cc1OC. The Bertz CT molecular complexity index is 632. The number of nitrogens with one attached hydrogen (secondary N) is 2. The highest BCUT2D eigenvalue weighted by atomic mass is 16.5. The fourth-order valence-corrected chi connectivity index (χ4v) is 2.00. The van der Waals surface area contributed by atoms with Gasteiger partial charge in [0.05, 0.1) is 20.3 Å². The van der Waals surface area contributed by atoms with Crippen LogP contribution in [0.4, 0.5) is 10.5 Å². The number of hydrogen-bond acceptors (Lipinski definition) is 4. The number of benzene rings is 1. The van der Waals surface area contributed by atoms with E-state index in [-0.39, 0.29) is 12.1 Å². The standard InChI is InChI=1S/C16H19N3O3/c1-11(12-4-5-14(21-2)15(10-12)22-3)18-16(20)19-13-6-8-17-9-7-13/h4-11H,1-3H3,(H2,17,18,19,20). The molecule has 0 fully saturated rings. The summed E-state index contributed by atoms with van der Waals surface area (Å²) in [5.74, 6) is 1.28. The van der Waals surface area contributed by atoms with Gasteiger partial charge in [0.25, 0.3) is 0 Å². The molecule has 1 aromatic heterocycles. The van der Waals surface area contributed by atoms with E-state index in [0.29, 0.717) is 17.2 Å². The van der Waals surface area contributed by atoms with Crippen molar-refractivity contribution in [1.82, 2.24) is 10.3 Å². The summed E-state index contributed by atoms with van der Waals surface area (Å²) >= 11 is 0. The molecule has 0 saturated carbocycles.